The van der Waals surface area contributed by atoms with E-state index in [1.165, 1.54) is 10.9 Å². The lowest BCUT2D eigenvalue weighted by Crippen LogP contribution is -2.44. The standard InChI is InChI=1S/C16H17Br3N2O/c1-2-5-13(22)21-9-8-11-10-6-3-4-7-12(10)20-14(11)15(21)16(17,18)19/h3-4,6-7,15,20H,2,5,8-9H2,1H3. The van der Waals surface area contributed by atoms with Gasteiger partial charge in [0.2, 0.25) is 5.91 Å². The normalized spacial score (nSPS) is 18.5. The van der Waals surface area contributed by atoms with E-state index in [-0.39, 0.29) is 11.9 Å². The third-order valence-electron chi connectivity index (χ3n) is 4.13. The maximum absolute atomic E-state index is 12.5. The van der Waals surface area contributed by atoms with Crippen LogP contribution in [0.5, 0.6) is 0 Å². The molecule has 1 N–H and O–H groups in total. The third kappa shape index (κ3) is 2.89. The largest absolute Gasteiger partial charge is 0.356 e. The van der Waals surface area contributed by atoms with Crippen molar-refractivity contribution in [1.29, 1.82) is 0 Å². The summed E-state index contributed by atoms with van der Waals surface area (Å²) in [6, 6.07) is 8.19. The molecule has 1 aliphatic heterocycles. The molecule has 1 aromatic heterocycles. The first-order valence-electron chi connectivity index (χ1n) is 7.39. The second kappa shape index (κ2) is 6.29. The topological polar surface area (TPSA) is 36.1 Å². The Balaban J connectivity index is 2.12. The van der Waals surface area contributed by atoms with Crippen molar-refractivity contribution >= 4 is 64.6 Å². The van der Waals surface area contributed by atoms with E-state index >= 15 is 0 Å². The van der Waals surface area contributed by atoms with Crippen LogP contribution in [-0.4, -0.2) is 24.5 Å². The Morgan fingerprint density at radius 1 is 1.36 bits per heavy atom. The van der Waals surface area contributed by atoms with Crippen LogP contribution in [0.25, 0.3) is 10.9 Å². The smallest absolute Gasteiger partial charge is 0.223 e. The van der Waals surface area contributed by atoms with Gasteiger partial charge in [-0.15, -0.1) is 0 Å². The van der Waals surface area contributed by atoms with E-state index < -0.39 is 2.14 Å². The molecule has 3 rings (SSSR count). The molecule has 1 amide bonds. The SMILES string of the molecule is CCCC(=O)N1CCc2c([nH]c3ccccc23)C1C(Br)(Br)Br. The Hall–Kier alpha value is -0.330. The summed E-state index contributed by atoms with van der Waals surface area (Å²) in [4.78, 5) is 18.0. The molecule has 1 atom stereocenters. The van der Waals surface area contributed by atoms with E-state index in [1.54, 1.807) is 0 Å². The van der Waals surface area contributed by atoms with Gasteiger partial charge in [-0.25, -0.2) is 0 Å². The van der Waals surface area contributed by atoms with Crippen LogP contribution in [0.4, 0.5) is 0 Å². The number of carbonyl (C=O) groups is 1. The second-order valence-electron chi connectivity index (χ2n) is 5.59. The number of benzene rings is 1. The fourth-order valence-corrected chi connectivity index (χ4v) is 4.64. The fraction of sp³-hybridized carbons (Fsp3) is 0.438. The van der Waals surface area contributed by atoms with Crippen molar-refractivity contribution in [3.05, 3.63) is 35.5 Å². The summed E-state index contributed by atoms with van der Waals surface area (Å²) >= 11 is 10.9. The number of aromatic nitrogens is 1. The molecule has 1 aromatic carbocycles. The van der Waals surface area contributed by atoms with E-state index in [1.807, 2.05) is 17.9 Å². The van der Waals surface area contributed by atoms with Crippen molar-refractivity contribution in [1.82, 2.24) is 9.88 Å². The third-order valence-corrected chi connectivity index (χ3v) is 5.43. The van der Waals surface area contributed by atoms with Gasteiger partial charge in [-0.1, -0.05) is 72.9 Å². The number of halogens is 3. The van der Waals surface area contributed by atoms with Crippen LogP contribution < -0.4 is 0 Å². The van der Waals surface area contributed by atoms with Gasteiger partial charge >= 0.3 is 0 Å². The van der Waals surface area contributed by atoms with Crippen LogP contribution in [0, 0.1) is 0 Å². The van der Waals surface area contributed by atoms with Crippen LogP contribution in [0.3, 0.4) is 0 Å². The van der Waals surface area contributed by atoms with Gasteiger partial charge in [0.05, 0.1) is 0 Å². The number of nitrogens with zero attached hydrogens (tertiary/aromatic N) is 1. The van der Waals surface area contributed by atoms with Crippen molar-refractivity contribution in [2.24, 2.45) is 0 Å². The van der Waals surface area contributed by atoms with Crippen molar-refractivity contribution in [2.75, 3.05) is 6.54 Å². The summed E-state index contributed by atoms with van der Waals surface area (Å²) < 4.78 is -0.549. The predicted octanol–water partition coefficient (Wildman–Crippen LogP) is 5.23. The van der Waals surface area contributed by atoms with E-state index in [4.69, 9.17) is 0 Å². The number of nitrogens with one attached hydrogen (secondary N) is 1. The molecule has 118 valence electrons. The molecule has 0 saturated carbocycles. The molecule has 22 heavy (non-hydrogen) atoms. The summed E-state index contributed by atoms with van der Waals surface area (Å²) in [7, 11) is 0. The molecule has 0 saturated heterocycles. The molecule has 0 fully saturated rings. The van der Waals surface area contributed by atoms with Gasteiger partial charge in [0.1, 0.15) is 6.04 Å². The van der Waals surface area contributed by atoms with Crippen LogP contribution in [0.15, 0.2) is 24.3 Å². The minimum atomic E-state index is -0.549. The number of amides is 1. The van der Waals surface area contributed by atoms with Gasteiger partial charge in [-0.2, -0.15) is 0 Å². The maximum Gasteiger partial charge on any atom is 0.223 e. The highest BCUT2D eigenvalue weighted by atomic mass is 80.0. The first kappa shape index (κ1) is 16.5. The number of aromatic amines is 1. The number of hydrogen-bond acceptors (Lipinski definition) is 1. The van der Waals surface area contributed by atoms with Crippen LogP contribution in [-0.2, 0) is 11.2 Å². The summed E-state index contributed by atoms with van der Waals surface area (Å²) in [6.07, 6.45) is 2.32. The van der Waals surface area contributed by atoms with Gasteiger partial charge in [0.15, 0.2) is 2.14 Å². The lowest BCUT2D eigenvalue weighted by atomic mass is 9.97. The number of hydrogen-bond donors (Lipinski definition) is 1. The second-order valence-corrected chi connectivity index (χ2v) is 12.5. The molecule has 3 nitrogen and oxygen atoms in total. The lowest BCUT2D eigenvalue weighted by molar-refractivity contribution is -0.134. The molecule has 0 spiro atoms. The van der Waals surface area contributed by atoms with Gasteiger partial charge < -0.3 is 9.88 Å². The van der Waals surface area contributed by atoms with Crippen LogP contribution in [0.1, 0.15) is 37.1 Å². The monoisotopic (exact) mass is 490 g/mol. The number of carbonyl (C=O) groups excluding carboxylic acids is 1. The van der Waals surface area contributed by atoms with Crippen molar-refractivity contribution < 1.29 is 4.79 Å². The zero-order valence-corrected chi connectivity index (χ0v) is 17.0. The maximum atomic E-state index is 12.5. The molecule has 0 bridgehead atoms. The Labute approximate surface area is 155 Å². The summed E-state index contributed by atoms with van der Waals surface area (Å²) in [5.74, 6) is 0.194. The molecule has 2 heterocycles. The molecule has 0 radical (unpaired) electrons. The van der Waals surface area contributed by atoms with Gasteiger partial charge in [-0.3, -0.25) is 4.79 Å². The molecule has 0 aliphatic carbocycles. The summed E-state index contributed by atoms with van der Waals surface area (Å²) in [5, 5.41) is 1.25. The van der Waals surface area contributed by atoms with E-state index in [9.17, 15) is 4.79 Å². The highest BCUT2D eigenvalue weighted by Gasteiger charge is 2.43. The number of rotatable bonds is 2. The zero-order chi connectivity index (χ0) is 15.9. The zero-order valence-electron chi connectivity index (χ0n) is 12.2. The van der Waals surface area contributed by atoms with Gasteiger partial charge in [0.25, 0.3) is 0 Å². The van der Waals surface area contributed by atoms with Crippen LogP contribution in [0.2, 0.25) is 0 Å². The van der Waals surface area contributed by atoms with Crippen molar-refractivity contribution in [2.45, 2.75) is 34.4 Å². The Morgan fingerprint density at radius 2 is 2.09 bits per heavy atom. The molecule has 1 aliphatic rings. The number of H-pyrrole nitrogens is 1. The molecule has 2 aromatic rings. The molecule has 6 heteroatoms. The highest BCUT2D eigenvalue weighted by Crippen LogP contribution is 2.51. The van der Waals surface area contributed by atoms with E-state index in [0.29, 0.717) is 6.42 Å². The van der Waals surface area contributed by atoms with Gasteiger partial charge in [0, 0.05) is 29.6 Å². The first-order chi connectivity index (χ1) is 10.4. The van der Waals surface area contributed by atoms with E-state index in [2.05, 4.69) is 71.0 Å². The lowest BCUT2D eigenvalue weighted by Gasteiger charge is -2.40. The van der Waals surface area contributed by atoms with Crippen LogP contribution >= 0.6 is 47.8 Å². The molecular formula is C16H17Br3N2O. The van der Waals surface area contributed by atoms with Crippen molar-refractivity contribution in [3.63, 3.8) is 0 Å². The average molecular weight is 493 g/mol. The fourth-order valence-electron chi connectivity index (χ4n) is 3.21. The molecule has 1 unspecified atom stereocenters. The number of alkyl halides is 3. The van der Waals surface area contributed by atoms with Gasteiger partial charge in [-0.05, 0) is 24.5 Å². The Morgan fingerprint density at radius 3 is 2.77 bits per heavy atom. The van der Waals surface area contributed by atoms with Crippen molar-refractivity contribution in [3.8, 4) is 0 Å². The Kier molecular flexibility index (Phi) is 4.72. The molecular weight excluding hydrogens is 476 g/mol. The first-order valence-corrected chi connectivity index (χ1v) is 9.77. The quantitative estimate of drug-likeness (QED) is 0.572. The highest BCUT2D eigenvalue weighted by molar-refractivity contribution is 9.39. The summed E-state index contributed by atoms with van der Waals surface area (Å²) in [6.45, 7) is 2.78. The Bertz CT molecular complexity index is 705. The average Bonchev–Trinajstić information content (AvgIpc) is 2.83. The minimum absolute atomic E-state index is 0.123. The summed E-state index contributed by atoms with van der Waals surface area (Å²) in [5.41, 5.74) is 3.53. The number of fused-ring (bicyclic) bond motifs is 3. The minimum Gasteiger partial charge on any atom is -0.356 e. The predicted molar refractivity (Wildman–Crippen MR) is 101 cm³/mol. The number of para-hydroxylation sites is 1. The van der Waals surface area contributed by atoms with E-state index in [0.717, 1.165) is 30.6 Å².